The van der Waals surface area contributed by atoms with Crippen molar-refractivity contribution in [3.05, 3.63) is 158 Å². The molecule has 0 bridgehead atoms. The van der Waals surface area contributed by atoms with Gasteiger partial charge in [0.2, 0.25) is 0 Å². The standard InChI is InChI=1S/C61H94O5/c1-4-7-10-13-16-19-22-25-28-30-31-32-34-36-39-42-45-48-51-54-60(62)65-58-59(57-64-56-53-50-47-44-41-38-35-29-26-23-20-17-14-11-8-5-2)66-61(63)55-52-49-46-43-40-37-33-27-24-21-18-15-12-9-6-3/h7-12,16-21,25-29,31-33,36,38-41,43,59H,4-6,13-15,22-24,30,34-35,37,42,44-58H2,1-3H3/b10-7-,11-8-,12-9-,19-16-,20-17-,21-18-,28-25-,29-26-,32-31-,33-27-,39-36-,41-38-,43-40-. The van der Waals surface area contributed by atoms with Crippen LogP contribution in [0.3, 0.4) is 0 Å². The summed E-state index contributed by atoms with van der Waals surface area (Å²) in [5, 5.41) is 0. The number of rotatable bonds is 45. The highest BCUT2D eigenvalue weighted by molar-refractivity contribution is 5.70. The number of carbonyl (C=O) groups is 2. The van der Waals surface area contributed by atoms with Gasteiger partial charge in [0.25, 0.3) is 0 Å². The van der Waals surface area contributed by atoms with E-state index in [4.69, 9.17) is 14.2 Å². The third-order valence-electron chi connectivity index (χ3n) is 10.0. The van der Waals surface area contributed by atoms with Crippen LogP contribution in [0.2, 0.25) is 0 Å². The Hall–Kier alpha value is -4.48. The largest absolute Gasteiger partial charge is 0.462 e. The van der Waals surface area contributed by atoms with Crippen molar-refractivity contribution in [1.82, 2.24) is 0 Å². The average Bonchev–Trinajstić information content (AvgIpc) is 3.32. The van der Waals surface area contributed by atoms with Gasteiger partial charge in [-0.3, -0.25) is 9.59 Å². The number of allylic oxidation sites excluding steroid dienone is 26. The molecule has 0 radical (unpaired) electrons. The van der Waals surface area contributed by atoms with Gasteiger partial charge in [-0.25, -0.2) is 0 Å². The third-order valence-corrected chi connectivity index (χ3v) is 10.0. The molecule has 1 atom stereocenters. The number of hydrogen-bond donors (Lipinski definition) is 0. The van der Waals surface area contributed by atoms with Crippen molar-refractivity contribution >= 4 is 11.9 Å². The summed E-state index contributed by atoms with van der Waals surface area (Å²) in [6, 6.07) is 0. The van der Waals surface area contributed by atoms with Crippen LogP contribution >= 0.6 is 0 Å². The van der Waals surface area contributed by atoms with Crippen molar-refractivity contribution in [3.8, 4) is 0 Å². The summed E-state index contributed by atoms with van der Waals surface area (Å²) in [5.41, 5.74) is 0. The van der Waals surface area contributed by atoms with Crippen LogP contribution in [0.4, 0.5) is 0 Å². The van der Waals surface area contributed by atoms with Crippen molar-refractivity contribution < 1.29 is 23.8 Å². The second-order valence-corrected chi connectivity index (χ2v) is 16.3. The van der Waals surface area contributed by atoms with Crippen LogP contribution in [0.25, 0.3) is 0 Å². The highest BCUT2D eigenvalue weighted by Gasteiger charge is 2.17. The van der Waals surface area contributed by atoms with Gasteiger partial charge in [0.15, 0.2) is 6.10 Å². The first-order chi connectivity index (χ1) is 32.6. The minimum Gasteiger partial charge on any atom is -0.462 e. The fraction of sp³-hybridized carbons (Fsp3) is 0.541. The normalized spacial score (nSPS) is 13.6. The molecule has 0 saturated heterocycles. The van der Waals surface area contributed by atoms with Gasteiger partial charge in [-0.1, -0.05) is 192 Å². The van der Waals surface area contributed by atoms with Crippen LogP contribution in [0, 0.1) is 0 Å². The molecule has 0 aromatic rings. The van der Waals surface area contributed by atoms with E-state index in [-0.39, 0.29) is 25.2 Å². The molecule has 368 valence electrons. The topological polar surface area (TPSA) is 61.8 Å². The monoisotopic (exact) mass is 907 g/mol. The first-order valence-electron chi connectivity index (χ1n) is 26.0. The number of unbranched alkanes of at least 4 members (excludes halogenated alkanes) is 8. The van der Waals surface area contributed by atoms with Crippen LogP contribution in [0.1, 0.15) is 188 Å². The van der Waals surface area contributed by atoms with E-state index in [9.17, 15) is 9.59 Å². The van der Waals surface area contributed by atoms with Gasteiger partial charge in [-0.2, -0.15) is 0 Å². The summed E-state index contributed by atoms with van der Waals surface area (Å²) in [7, 11) is 0. The maximum atomic E-state index is 12.8. The molecule has 0 amide bonds. The lowest BCUT2D eigenvalue weighted by Crippen LogP contribution is -2.30. The summed E-state index contributed by atoms with van der Waals surface area (Å²) in [5.74, 6) is -0.516. The lowest BCUT2D eigenvalue weighted by atomic mass is 10.1. The van der Waals surface area contributed by atoms with E-state index in [1.54, 1.807) is 0 Å². The number of ether oxygens (including phenoxy) is 3. The minimum atomic E-state index is -0.601. The average molecular weight is 907 g/mol. The van der Waals surface area contributed by atoms with Gasteiger partial charge in [0.1, 0.15) is 6.61 Å². The lowest BCUT2D eigenvalue weighted by Gasteiger charge is -2.18. The lowest BCUT2D eigenvalue weighted by molar-refractivity contribution is -0.163. The van der Waals surface area contributed by atoms with Gasteiger partial charge in [0.05, 0.1) is 6.61 Å². The highest BCUT2D eigenvalue weighted by Crippen LogP contribution is 2.10. The fourth-order valence-electron chi connectivity index (χ4n) is 6.28. The zero-order chi connectivity index (χ0) is 47.7. The van der Waals surface area contributed by atoms with Gasteiger partial charge in [-0.05, 0) is 141 Å². The summed E-state index contributed by atoms with van der Waals surface area (Å²) >= 11 is 0. The summed E-state index contributed by atoms with van der Waals surface area (Å²) in [4.78, 5) is 25.4. The molecule has 1 unspecified atom stereocenters. The Morgan fingerprint density at radius 2 is 0.636 bits per heavy atom. The van der Waals surface area contributed by atoms with Gasteiger partial charge in [-0.15, -0.1) is 0 Å². The minimum absolute atomic E-state index is 0.0262. The maximum absolute atomic E-state index is 12.8. The smallest absolute Gasteiger partial charge is 0.306 e. The van der Waals surface area contributed by atoms with Crippen LogP contribution in [0.15, 0.2) is 158 Å². The Morgan fingerprint density at radius 1 is 0.333 bits per heavy atom. The molecule has 0 rings (SSSR count). The molecule has 0 saturated carbocycles. The molecule has 0 aromatic carbocycles. The molecule has 5 heteroatoms. The van der Waals surface area contributed by atoms with Crippen molar-refractivity contribution in [2.24, 2.45) is 0 Å². The predicted octanol–water partition coefficient (Wildman–Crippen LogP) is 17.9. The molecule has 0 fully saturated rings. The molecule has 0 heterocycles. The quantitative estimate of drug-likeness (QED) is 0.0346. The molecule has 0 aliphatic rings. The molecule has 66 heavy (non-hydrogen) atoms. The van der Waals surface area contributed by atoms with Crippen molar-refractivity contribution in [2.45, 2.75) is 194 Å². The van der Waals surface area contributed by atoms with E-state index in [0.29, 0.717) is 19.4 Å². The fourth-order valence-corrected chi connectivity index (χ4v) is 6.28. The predicted molar refractivity (Wildman–Crippen MR) is 288 cm³/mol. The Labute approximate surface area is 405 Å². The van der Waals surface area contributed by atoms with Crippen molar-refractivity contribution in [2.75, 3.05) is 19.8 Å². The van der Waals surface area contributed by atoms with Crippen molar-refractivity contribution in [1.29, 1.82) is 0 Å². The summed E-state index contributed by atoms with van der Waals surface area (Å²) < 4.78 is 17.3. The Kier molecular flexibility index (Phi) is 51.1. The van der Waals surface area contributed by atoms with Crippen LogP contribution < -0.4 is 0 Å². The number of hydrogen-bond acceptors (Lipinski definition) is 5. The van der Waals surface area contributed by atoms with E-state index in [1.165, 1.54) is 0 Å². The van der Waals surface area contributed by atoms with Crippen LogP contribution in [0.5, 0.6) is 0 Å². The number of esters is 2. The van der Waals surface area contributed by atoms with Gasteiger partial charge >= 0.3 is 11.9 Å². The second kappa shape index (κ2) is 54.9. The van der Waals surface area contributed by atoms with E-state index < -0.39 is 6.10 Å². The van der Waals surface area contributed by atoms with Crippen molar-refractivity contribution in [3.63, 3.8) is 0 Å². The molecule has 0 N–H and O–H groups in total. The molecular weight excluding hydrogens is 813 g/mol. The first-order valence-corrected chi connectivity index (χ1v) is 26.0. The van der Waals surface area contributed by atoms with Crippen LogP contribution in [-0.2, 0) is 23.8 Å². The molecule has 5 nitrogen and oxygen atoms in total. The Bertz CT molecular complexity index is 1490. The molecule has 0 aromatic heterocycles. The summed E-state index contributed by atoms with van der Waals surface area (Å²) in [6.07, 6.45) is 81.2. The van der Waals surface area contributed by atoms with Crippen LogP contribution in [-0.4, -0.2) is 37.9 Å². The van der Waals surface area contributed by atoms with E-state index in [0.717, 1.165) is 154 Å². The molecule has 0 spiro atoms. The number of carbonyl (C=O) groups excluding carboxylic acids is 2. The van der Waals surface area contributed by atoms with E-state index in [1.807, 2.05) is 0 Å². The second-order valence-electron chi connectivity index (χ2n) is 16.3. The Balaban J connectivity index is 4.50. The zero-order valence-corrected chi connectivity index (χ0v) is 42.1. The van der Waals surface area contributed by atoms with Gasteiger partial charge in [0, 0.05) is 19.4 Å². The highest BCUT2D eigenvalue weighted by atomic mass is 16.6. The molecule has 0 aliphatic heterocycles. The van der Waals surface area contributed by atoms with Gasteiger partial charge < -0.3 is 14.2 Å². The molecular formula is C61H94O5. The first kappa shape index (κ1) is 61.5. The zero-order valence-electron chi connectivity index (χ0n) is 42.1. The SMILES string of the molecule is CC/C=C\C/C=C\C/C=C\C/C=C\C/C=C\CCCCCC(=O)OCC(COCCCCC/C=C\C/C=C\C/C=C\C/C=C\CC)OC(=O)CCCC/C=C\C/C=C\C/C=C\C/C=C\CC. The van der Waals surface area contributed by atoms with E-state index in [2.05, 4.69) is 179 Å². The van der Waals surface area contributed by atoms with E-state index >= 15 is 0 Å². The summed E-state index contributed by atoms with van der Waals surface area (Å²) in [6.45, 7) is 7.30. The maximum Gasteiger partial charge on any atom is 0.306 e. The third kappa shape index (κ3) is 52.1. The Morgan fingerprint density at radius 3 is 1.02 bits per heavy atom. The molecule has 0 aliphatic carbocycles.